The minimum Gasteiger partial charge on any atom is -0.480 e. The Morgan fingerprint density at radius 2 is 1.83 bits per heavy atom. The summed E-state index contributed by atoms with van der Waals surface area (Å²) in [5, 5.41) is 31.1. The number of carbonyl (C=O) groups excluding carboxylic acids is 3. The summed E-state index contributed by atoms with van der Waals surface area (Å²) >= 11 is 0. The van der Waals surface area contributed by atoms with Crippen molar-refractivity contribution in [3.63, 3.8) is 0 Å². The van der Waals surface area contributed by atoms with Crippen molar-refractivity contribution in [1.82, 2.24) is 26.3 Å². The van der Waals surface area contributed by atoms with Gasteiger partial charge in [0.05, 0.1) is 12.6 Å². The van der Waals surface area contributed by atoms with Crippen LogP contribution in [0.2, 0.25) is 0 Å². The van der Waals surface area contributed by atoms with E-state index in [1.165, 1.54) is 0 Å². The Labute approximate surface area is 209 Å². The van der Waals surface area contributed by atoms with Crippen molar-refractivity contribution in [3.8, 4) is 0 Å². The van der Waals surface area contributed by atoms with E-state index in [0.717, 1.165) is 22.9 Å². The number of amides is 3. The maximum absolute atomic E-state index is 13.2. The molecule has 5 atom stereocenters. The van der Waals surface area contributed by atoms with Gasteiger partial charge in [-0.1, -0.05) is 38.5 Å². The Morgan fingerprint density at radius 1 is 1.08 bits per heavy atom. The fourth-order valence-electron chi connectivity index (χ4n) is 4.31. The van der Waals surface area contributed by atoms with Gasteiger partial charge in [0.1, 0.15) is 18.1 Å². The molecule has 1 aromatic carbocycles. The molecule has 11 nitrogen and oxygen atoms in total. The molecule has 0 aliphatic carbocycles. The molecular formula is C25H35N5O6. The highest BCUT2D eigenvalue weighted by Gasteiger charge is 2.33. The lowest BCUT2D eigenvalue weighted by Crippen LogP contribution is -2.59. The first-order valence-electron chi connectivity index (χ1n) is 12.3. The largest absolute Gasteiger partial charge is 0.480 e. The molecule has 1 saturated heterocycles. The normalized spacial score (nSPS) is 18.7. The molecule has 1 aliphatic heterocycles. The first kappa shape index (κ1) is 27.2. The summed E-state index contributed by atoms with van der Waals surface area (Å²) < 4.78 is 0. The van der Waals surface area contributed by atoms with E-state index in [2.05, 4.69) is 26.3 Å². The zero-order chi connectivity index (χ0) is 26.2. The van der Waals surface area contributed by atoms with Crippen molar-refractivity contribution in [2.24, 2.45) is 5.92 Å². The first-order chi connectivity index (χ1) is 17.2. The van der Waals surface area contributed by atoms with E-state index in [1.807, 2.05) is 31.2 Å². The molecule has 7 N–H and O–H groups in total. The minimum absolute atomic E-state index is 0.0516. The third-order valence-corrected chi connectivity index (χ3v) is 6.70. The third kappa shape index (κ3) is 6.61. The van der Waals surface area contributed by atoms with Gasteiger partial charge in [-0.3, -0.25) is 14.4 Å². The van der Waals surface area contributed by atoms with Crippen LogP contribution in [0.3, 0.4) is 0 Å². The van der Waals surface area contributed by atoms with Crippen LogP contribution in [-0.2, 0) is 25.6 Å². The average molecular weight is 502 g/mol. The molecule has 5 unspecified atom stereocenters. The number of hydrogen-bond acceptors (Lipinski definition) is 6. The van der Waals surface area contributed by atoms with Crippen LogP contribution >= 0.6 is 0 Å². The number of para-hydroxylation sites is 1. The zero-order valence-corrected chi connectivity index (χ0v) is 20.5. The van der Waals surface area contributed by atoms with Crippen molar-refractivity contribution in [2.45, 2.75) is 63.7 Å². The first-order valence-corrected chi connectivity index (χ1v) is 12.3. The van der Waals surface area contributed by atoms with E-state index >= 15 is 0 Å². The third-order valence-electron chi connectivity index (χ3n) is 6.70. The van der Waals surface area contributed by atoms with Crippen molar-refractivity contribution in [2.75, 3.05) is 13.2 Å². The SMILES string of the molecule is CCC(C)C(NC(=O)C(CO)NC(=O)C1CCCN1)C(=O)NC(Cc1c[nH]c2ccccc12)C(=O)O. The summed E-state index contributed by atoms with van der Waals surface area (Å²) in [6.07, 6.45) is 3.77. The highest BCUT2D eigenvalue weighted by molar-refractivity contribution is 5.94. The van der Waals surface area contributed by atoms with Crippen LogP contribution in [0.1, 0.15) is 38.7 Å². The number of aliphatic carboxylic acids is 1. The Bertz CT molecular complexity index is 1080. The van der Waals surface area contributed by atoms with Crippen LogP contribution in [0.25, 0.3) is 10.9 Å². The van der Waals surface area contributed by atoms with E-state index in [9.17, 15) is 29.4 Å². The van der Waals surface area contributed by atoms with Gasteiger partial charge < -0.3 is 36.5 Å². The van der Waals surface area contributed by atoms with E-state index in [1.54, 1.807) is 13.1 Å². The summed E-state index contributed by atoms with van der Waals surface area (Å²) in [7, 11) is 0. The molecule has 3 rings (SSSR count). The Morgan fingerprint density at radius 3 is 2.47 bits per heavy atom. The number of benzene rings is 1. The molecule has 1 aromatic heterocycles. The predicted molar refractivity (Wildman–Crippen MR) is 133 cm³/mol. The number of hydrogen-bond donors (Lipinski definition) is 7. The number of carboxylic acids is 1. The summed E-state index contributed by atoms with van der Waals surface area (Å²) in [5.74, 6) is -3.29. The van der Waals surface area contributed by atoms with Gasteiger partial charge in [0, 0.05) is 23.5 Å². The number of nitrogens with one attached hydrogen (secondary N) is 5. The molecular weight excluding hydrogens is 466 g/mol. The van der Waals surface area contributed by atoms with Crippen molar-refractivity contribution in [3.05, 3.63) is 36.0 Å². The second-order valence-corrected chi connectivity index (χ2v) is 9.23. The van der Waals surface area contributed by atoms with Crippen molar-refractivity contribution in [1.29, 1.82) is 0 Å². The number of carboxylic acid groups (broad SMARTS) is 1. The highest BCUT2D eigenvalue weighted by atomic mass is 16.4. The fraction of sp³-hybridized carbons (Fsp3) is 0.520. The van der Waals surface area contributed by atoms with Gasteiger partial charge in [-0.05, 0) is 36.9 Å². The second kappa shape index (κ2) is 12.5. The van der Waals surface area contributed by atoms with Gasteiger partial charge in [-0.15, -0.1) is 0 Å². The van der Waals surface area contributed by atoms with Crippen LogP contribution in [0, 0.1) is 5.92 Å². The number of H-pyrrole nitrogens is 1. The smallest absolute Gasteiger partial charge is 0.326 e. The maximum atomic E-state index is 13.2. The molecule has 196 valence electrons. The average Bonchev–Trinajstić information content (AvgIpc) is 3.55. The Hall–Kier alpha value is -3.44. The van der Waals surface area contributed by atoms with Crippen LogP contribution in [0.4, 0.5) is 0 Å². The number of aliphatic hydroxyl groups excluding tert-OH is 1. The summed E-state index contributed by atoms with van der Waals surface area (Å²) in [5.41, 5.74) is 1.60. The summed E-state index contributed by atoms with van der Waals surface area (Å²) in [6, 6.07) is 3.52. The van der Waals surface area contributed by atoms with Gasteiger partial charge in [0.15, 0.2) is 0 Å². The Kier molecular flexibility index (Phi) is 9.43. The molecule has 0 saturated carbocycles. The molecule has 2 aromatic rings. The second-order valence-electron chi connectivity index (χ2n) is 9.23. The number of fused-ring (bicyclic) bond motifs is 1. The van der Waals surface area contributed by atoms with E-state index in [-0.39, 0.29) is 12.3 Å². The standard InChI is InChI=1S/C25H35N5O6/c1-3-14(2)21(30-23(33)20(13-31)29-22(32)18-9-6-10-26-18)24(34)28-19(25(35)36)11-15-12-27-17-8-5-4-7-16(15)17/h4-5,7-8,12,14,18-21,26-27,31H,3,6,9-11,13H2,1-2H3,(H,28,34)(H,29,32)(H,30,33)(H,35,36). The van der Waals surface area contributed by atoms with E-state index in [4.69, 9.17) is 0 Å². The maximum Gasteiger partial charge on any atom is 0.326 e. The quantitative estimate of drug-likeness (QED) is 0.215. The molecule has 1 aliphatic rings. The number of carbonyl (C=O) groups is 4. The van der Waals surface area contributed by atoms with Gasteiger partial charge in [0.2, 0.25) is 17.7 Å². The summed E-state index contributed by atoms with van der Waals surface area (Å²) in [4.78, 5) is 53.5. The van der Waals surface area contributed by atoms with E-state index in [0.29, 0.717) is 19.4 Å². The van der Waals surface area contributed by atoms with Gasteiger partial charge >= 0.3 is 5.97 Å². The van der Waals surface area contributed by atoms with Crippen LogP contribution in [0.15, 0.2) is 30.5 Å². The number of rotatable bonds is 12. The van der Waals surface area contributed by atoms with Crippen LogP contribution < -0.4 is 21.3 Å². The monoisotopic (exact) mass is 501 g/mol. The van der Waals surface area contributed by atoms with Crippen LogP contribution in [-0.4, -0.2) is 76.2 Å². The lowest BCUT2D eigenvalue weighted by atomic mass is 9.97. The molecule has 3 amide bonds. The Balaban J connectivity index is 1.69. The number of aromatic nitrogens is 1. The van der Waals surface area contributed by atoms with Gasteiger partial charge in [-0.25, -0.2) is 4.79 Å². The minimum atomic E-state index is -1.24. The molecule has 36 heavy (non-hydrogen) atoms. The lowest BCUT2D eigenvalue weighted by Gasteiger charge is -2.27. The molecule has 0 spiro atoms. The van der Waals surface area contributed by atoms with Crippen molar-refractivity contribution >= 4 is 34.6 Å². The van der Waals surface area contributed by atoms with Crippen LogP contribution in [0.5, 0.6) is 0 Å². The summed E-state index contributed by atoms with van der Waals surface area (Å²) in [6.45, 7) is 3.66. The van der Waals surface area contributed by atoms with Gasteiger partial charge in [0.25, 0.3) is 0 Å². The zero-order valence-electron chi connectivity index (χ0n) is 20.5. The number of aliphatic hydroxyl groups is 1. The molecule has 0 radical (unpaired) electrons. The molecule has 2 heterocycles. The fourth-order valence-corrected chi connectivity index (χ4v) is 4.31. The van der Waals surface area contributed by atoms with E-state index < -0.39 is 54.5 Å². The highest BCUT2D eigenvalue weighted by Crippen LogP contribution is 2.19. The molecule has 1 fully saturated rings. The number of aromatic amines is 1. The van der Waals surface area contributed by atoms with Gasteiger partial charge in [-0.2, -0.15) is 0 Å². The topological polar surface area (TPSA) is 173 Å². The lowest BCUT2D eigenvalue weighted by molar-refractivity contribution is -0.142. The molecule has 0 bridgehead atoms. The molecule has 11 heteroatoms. The predicted octanol–water partition coefficient (Wildman–Crippen LogP) is 0.0398. The van der Waals surface area contributed by atoms with Crippen molar-refractivity contribution < 1.29 is 29.4 Å².